The van der Waals surface area contributed by atoms with Gasteiger partial charge in [0.1, 0.15) is 0 Å². The zero-order valence-electron chi connectivity index (χ0n) is 11.0. The Hall–Kier alpha value is -1.34. The van der Waals surface area contributed by atoms with Crippen LogP contribution in [0.4, 0.5) is 0 Å². The van der Waals surface area contributed by atoms with E-state index in [0.717, 1.165) is 18.8 Å². The van der Waals surface area contributed by atoms with Crippen molar-refractivity contribution in [1.29, 1.82) is 0 Å². The molecule has 2 N–H and O–H groups in total. The standard InChI is InChI=1S/C17H21N/c1-13-6-5-11-17(18,12-13)16-10-4-8-14-7-2-3-9-15(14)16/h2-4,7-10,13H,5-6,11-12,18H2,1H3. The second-order valence-corrected chi connectivity index (χ2v) is 5.88. The van der Waals surface area contributed by atoms with Gasteiger partial charge < -0.3 is 5.73 Å². The van der Waals surface area contributed by atoms with Gasteiger partial charge in [0.25, 0.3) is 0 Å². The summed E-state index contributed by atoms with van der Waals surface area (Å²) >= 11 is 0. The average molecular weight is 239 g/mol. The fourth-order valence-corrected chi connectivity index (χ4v) is 3.50. The van der Waals surface area contributed by atoms with E-state index in [9.17, 15) is 0 Å². The average Bonchev–Trinajstić information content (AvgIpc) is 2.38. The van der Waals surface area contributed by atoms with E-state index in [2.05, 4.69) is 49.4 Å². The van der Waals surface area contributed by atoms with Crippen molar-refractivity contribution in [2.45, 2.75) is 38.1 Å². The molecule has 0 bridgehead atoms. The van der Waals surface area contributed by atoms with Crippen molar-refractivity contribution in [3.8, 4) is 0 Å². The molecule has 94 valence electrons. The lowest BCUT2D eigenvalue weighted by atomic mass is 9.72. The van der Waals surface area contributed by atoms with E-state index < -0.39 is 0 Å². The second-order valence-electron chi connectivity index (χ2n) is 5.88. The van der Waals surface area contributed by atoms with Gasteiger partial charge >= 0.3 is 0 Å². The summed E-state index contributed by atoms with van der Waals surface area (Å²) in [5.41, 5.74) is 7.95. The number of fused-ring (bicyclic) bond motifs is 1. The molecule has 1 fully saturated rings. The van der Waals surface area contributed by atoms with Crippen LogP contribution in [0.1, 0.15) is 38.2 Å². The Labute approximate surface area is 109 Å². The van der Waals surface area contributed by atoms with Gasteiger partial charge in [-0.25, -0.2) is 0 Å². The van der Waals surface area contributed by atoms with Gasteiger partial charge in [-0.15, -0.1) is 0 Å². The molecule has 1 aliphatic carbocycles. The van der Waals surface area contributed by atoms with Crippen molar-refractivity contribution >= 4 is 10.8 Å². The van der Waals surface area contributed by atoms with Crippen molar-refractivity contribution in [1.82, 2.24) is 0 Å². The molecule has 1 heteroatoms. The lowest BCUT2D eigenvalue weighted by Gasteiger charge is -2.38. The van der Waals surface area contributed by atoms with Crippen molar-refractivity contribution in [2.24, 2.45) is 11.7 Å². The van der Waals surface area contributed by atoms with Crippen molar-refractivity contribution in [3.05, 3.63) is 48.0 Å². The van der Waals surface area contributed by atoms with Crippen LogP contribution in [-0.2, 0) is 5.54 Å². The summed E-state index contributed by atoms with van der Waals surface area (Å²) in [5.74, 6) is 0.739. The van der Waals surface area contributed by atoms with Gasteiger partial charge in [0.15, 0.2) is 0 Å². The summed E-state index contributed by atoms with van der Waals surface area (Å²) in [4.78, 5) is 0. The first-order valence-corrected chi connectivity index (χ1v) is 6.96. The molecule has 1 nitrogen and oxygen atoms in total. The van der Waals surface area contributed by atoms with Gasteiger partial charge in [0, 0.05) is 5.54 Å². The topological polar surface area (TPSA) is 26.0 Å². The van der Waals surface area contributed by atoms with Crippen LogP contribution < -0.4 is 5.73 Å². The third-order valence-electron chi connectivity index (χ3n) is 4.36. The largest absolute Gasteiger partial charge is 0.321 e. The summed E-state index contributed by atoms with van der Waals surface area (Å²) in [6.07, 6.45) is 4.80. The Bertz CT molecular complexity index is 555. The van der Waals surface area contributed by atoms with Gasteiger partial charge in [0.05, 0.1) is 0 Å². The van der Waals surface area contributed by atoms with E-state index in [0.29, 0.717) is 0 Å². The number of rotatable bonds is 1. The zero-order valence-corrected chi connectivity index (χ0v) is 11.0. The molecule has 2 unspecified atom stereocenters. The Morgan fingerprint density at radius 2 is 1.89 bits per heavy atom. The van der Waals surface area contributed by atoms with Gasteiger partial charge in [-0.2, -0.15) is 0 Å². The van der Waals surface area contributed by atoms with Crippen LogP contribution in [0.3, 0.4) is 0 Å². The maximum atomic E-state index is 6.74. The molecule has 0 heterocycles. The molecule has 2 aromatic rings. The third kappa shape index (κ3) is 1.93. The summed E-state index contributed by atoms with van der Waals surface area (Å²) in [6, 6.07) is 15.1. The molecule has 0 spiro atoms. The van der Waals surface area contributed by atoms with Gasteiger partial charge in [-0.3, -0.25) is 0 Å². The number of benzene rings is 2. The molecule has 0 saturated heterocycles. The van der Waals surface area contributed by atoms with Gasteiger partial charge in [0.2, 0.25) is 0 Å². The third-order valence-corrected chi connectivity index (χ3v) is 4.36. The van der Waals surface area contributed by atoms with Gasteiger partial charge in [-0.1, -0.05) is 62.2 Å². The minimum Gasteiger partial charge on any atom is -0.321 e. The fourth-order valence-electron chi connectivity index (χ4n) is 3.50. The number of hydrogen-bond acceptors (Lipinski definition) is 1. The Balaban J connectivity index is 2.13. The van der Waals surface area contributed by atoms with Crippen LogP contribution in [0.2, 0.25) is 0 Å². The predicted octanol–water partition coefficient (Wildman–Crippen LogP) is 4.20. The summed E-state index contributed by atoms with van der Waals surface area (Å²) in [7, 11) is 0. The fraction of sp³-hybridized carbons (Fsp3) is 0.412. The van der Waals surface area contributed by atoms with E-state index in [1.807, 2.05) is 0 Å². The maximum Gasteiger partial charge on any atom is 0.0418 e. The van der Waals surface area contributed by atoms with E-state index >= 15 is 0 Å². The minimum absolute atomic E-state index is 0.126. The molecule has 1 saturated carbocycles. The first kappa shape index (κ1) is 11.7. The molecule has 18 heavy (non-hydrogen) atoms. The quantitative estimate of drug-likeness (QED) is 0.793. The van der Waals surface area contributed by atoms with Crippen LogP contribution in [0.25, 0.3) is 10.8 Å². The highest BCUT2D eigenvalue weighted by Crippen LogP contribution is 2.40. The summed E-state index contributed by atoms with van der Waals surface area (Å²) in [6.45, 7) is 2.33. The molecule has 2 aromatic carbocycles. The lowest BCUT2D eigenvalue weighted by Crippen LogP contribution is -2.41. The zero-order chi connectivity index (χ0) is 12.6. The monoisotopic (exact) mass is 239 g/mol. The van der Waals surface area contributed by atoms with Crippen molar-refractivity contribution in [3.63, 3.8) is 0 Å². The van der Waals surface area contributed by atoms with E-state index in [-0.39, 0.29) is 5.54 Å². The van der Waals surface area contributed by atoms with Crippen LogP contribution in [-0.4, -0.2) is 0 Å². The van der Waals surface area contributed by atoms with Crippen LogP contribution in [0.5, 0.6) is 0 Å². The van der Waals surface area contributed by atoms with Gasteiger partial charge in [-0.05, 0) is 35.1 Å². The highest BCUT2D eigenvalue weighted by atomic mass is 14.8. The Morgan fingerprint density at radius 1 is 1.11 bits per heavy atom. The van der Waals surface area contributed by atoms with Crippen LogP contribution >= 0.6 is 0 Å². The molecule has 0 aliphatic heterocycles. The number of nitrogens with two attached hydrogens (primary N) is 1. The molecule has 0 amide bonds. The van der Waals surface area contributed by atoms with Crippen LogP contribution in [0.15, 0.2) is 42.5 Å². The van der Waals surface area contributed by atoms with E-state index in [1.165, 1.54) is 29.2 Å². The molecular weight excluding hydrogens is 218 g/mol. The predicted molar refractivity (Wildman–Crippen MR) is 77.4 cm³/mol. The molecule has 0 radical (unpaired) electrons. The second kappa shape index (κ2) is 4.40. The summed E-state index contributed by atoms with van der Waals surface area (Å²) < 4.78 is 0. The van der Waals surface area contributed by atoms with E-state index in [1.54, 1.807) is 0 Å². The normalized spacial score (nSPS) is 28.4. The Morgan fingerprint density at radius 3 is 2.72 bits per heavy atom. The highest BCUT2D eigenvalue weighted by molar-refractivity contribution is 5.86. The van der Waals surface area contributed by atoms with Crippen molar-refractivity contribution in [2.75, 3.05) is 0 Å². The number of hydrogen-bond donors (Lipinski definition) is 1. The molecular formula is C17H21N. The molecule has 2 atom stereocenters. The maximum absolute atomic E-state index is 6.74. The highest BCUT2D eigenvalue weighted by Gasteiger charge is 2.33. The summed E-state index contributed by atoms with van der Waals surface area (Å²) in [5, 5.41) is 2.63. The van der Waals surface area contributed by atoms with Crippen LogP contribution in [0, 0.1) is 5.92 Å². The first-order valence-electron chi connectivity index (χ1n) is 6.96. The van der Waals surface area contributed by atoms with E-state index in [4.69, 9.17) is 5.73 Å². The Kier molecular flexibility index (Phi) is 2.87. The van der Waals surface area contributed by atoms with Crippen molar-refractivity contribution < 1.29 is 0 Å². The molecule has 0 aromatic heterocycles. The lowest BCUT2D eigenvalue weighted by molar-refractivity contribution is 0.241. The molecule has 1 aliphatic rings. The molecule has 3 rings (SSSR count). The SMILES string of the molecule is CC1CCCC(N)(c2cccc3ccccc23)C1. The smallest absolute Gasteiger partial charge is 0.0418 e. The first-order chi connectivity index (χ1) is 8.69. The minimum atomic E-state index is -0.126.